The highest BCUT2D eigenvalue weighted by atomic mass is 35.5. The minimum Gasteiger partial charge on any atom is -0.481 e. The molecule has 0 spiro atoms. The molecule has 0 aliphatic carbocycles. The molecule has 4 nitrogen and oxygen atoms in total. The summed E-state index contributed by atoms with van der Waals surface area (Å²) in [7, 11) is 0. The zero-order chi connectivity index (χ0) is 13.7. The molecule has 0 saturated heterocycles. The fourth-order valence-electron chi connectivity index (χ4n) is 1.45. The predicted molar refractivity (Wildman–Crippen MR) is 62.9 cm³/mol. The number of hydrogen-bond donors (Lipinski definition) is 1. The molecule has 98 valence electrons. The summed E-state index contributed by atoms with van der Waals surface area (Å²) >= 11 is 5.77. The van der Waals surface area contributed by atoms with Crippen molar-refractivity contribution in [3.05, 3.63) is 34.6 Å². The number of carbonyl (C=O) groups is 2. The predicted octanol–water partition coefficient (Wildman–Crippen LogP) is 2.29. The Morgan fingerprint density at radius 3 is 2.67 bits per heavy atom. The van der Waals surface area contributed by atoms with Gasteiger partial charge in [-0.15, -0.1) is 0 Å². The van der Waals surface area contributed by atoms with E-state index in [1.807, 2.05) is 0 Å². The Bertz CT molecular complexity index is 441. The Kier molecular flexibility index (Phi) is 5.09. The smallest absolute Gasteiger partial charge is 0.320 e. The first kappa shape index (κ1) is 14.4. The lowest BCUT2D eigenvalue weighted by Crippen LogP contribution is -2.28. The van der Waals surface area contributed by atoms with E-state index in [9.17, 15) is 14.0 Å². The zero-order valence-electron chi connectivity index (χ0n) is 9.65. The van der Waals surface area contributed by atoms with Gasteiger partial charge < -0.3 is 9.84 Å². The van der Waals surface area contributed by atoms with Crippen LogP contribution >= 0.6 is 11.6 Å². The summed E-state index contributed by atoms with van der Waals surface area (Å²) < 4.78 is 18.1. The number of esters is 1. The number of aliphatic carboxylic acids is 1. The van der Waals surface area contributed by atoms with E-state index in [1.165, 1.54) is 12.1 Å². The molecule has 0 aromatic heterocycles. The third-order valence-electron chi connectivity index (χ3n) is 2.34. The molecule has 0 amide bonds. The first-order valence-corrected chi connectivity index (χ1v) is 5.67. The molecule has 1 rings (SSSR count). The van der Waals surface area contributed by atoms with E-state index in [0.717, 1.165) is 6.07 Å². The van der Waals surface area contributed by atoms with E-state index in [2.05, 4.69) is 4.74 Å². The van der Waals surface area contributed by atoms with Crippen molar-refractivity contribution in [1.29, 1.82) is 0 Å². The lowest BCUT2D eigenvalue weighted by atomic mass is 9.99. The number of ether oxygens (including phenoxy) is 1. The maximum atomic E-state index is 13.5. The van der Waals surface area contributed by atoms with Crippen LogP contribution in [-0.4, -0.2) is 23.7 Å². The van der Waals surface area contributed by atoms with Crippen LogP contribution in [0.5, 0.6) is 0 Å². The van der Waals surface area contributed by atoms with Gasteiger partial charge in [0, 0.05) is 17.0 Å². The van der Waals surface area contributed by atoms with Gasteiger partial charge in [-0.3, -0.25) is 9.59 Å². The lowest BCUT2D eigenvalue weighted by Gasteiger charge is -2.12. The van der Waals surface area contributed by atoms with Crippen molar-refractivity contribution in [2.75, 3.05) is 6.61 Å². The second-order valence-electron chi connectivity index (χ2n) is 3.55. The van der Waals surface area contributed by atoms with E-state index in [1.54, 1.807) is 6.92 Å². The fraction of sp³-hybridized carbons (Fsp3) is 0.333. The largest absolute Gasteiger partial charge is 0.481 e. The Labute approximate surface area is 108 Å². The second-order valence-corrected chi connectivity index (χ2v) is 3.95. The van der Waals surface area contributed by atoms with Crippen molar-refractivity contribution in [2.45, 2.75) is 13.3 Å². The molecular weight excluding hydrogens is 263 g/mol. The number of halogens is 2. The number of carboxylic acids is 1. The van der Waals surface area contributed by atoms with Crippen LogP contribution in [0.2, 0.25) is 5.02 Å². The summed E-state index contributed by atoms with van der Waals surface area (Å²) in [5.41, 5.74) is -0.000352. The molecule has 0 saturated carbocycles. The second kappa shape index (κ2) is 6.35. The van der Waals surface area contributed by atoms with Crippen LogP contribution in [0.4, 0.5) is 4.39 Å². The van der Waals surface area contributed by atoms with E-state index >= 15 is 0 Å². The summed E-state index contributed by atoms with van der Waals surface area (Å²) in [6, 6.07) is 4.00. The molecule has 18 heavy (non-hydrogen) atoms. The molecule has 0 bridgehead atoms. The van der Waals surface area contributed by atoms with Crippen LogP contribution in [0.25, 0.3) is 0 Å². The average molecular weight is 275 g/mol. The van der Waals surface area contributed by atoms with Gasteiger partial charge in [-0.25, -0.2) is 4.39 Å². The summed E-state index contributed by atoms with van der Waals surface area (Å²) in [6.07, 6.45) is -0.334. The highest BCUT2D eigenvalue weighted by molar-refractivity contribution is 6.31. The summed E-state index contributed by atoms with van der Waals surface area (Å²) in [6.45, 7) is 1.63. The molecule has 0 heterocycles. The van der Waals surface area contributed by atoms with Crippen LogP contribution in [0.1, 0.15) is 12.5 Å². The van der Waals surface area contributed by atoms with E-state index in [4.69, 9.17) is 16.7 Å². The van der Waals surface area contributed by atoms with Crippen molar-refractivity contribution in [3.63, 3.8) is 0 Å². The highest BCUT2D eigenvalue weighted by Gasteiger charge is 2.29. The number of benzene rings is 1. The maximum absolute atomic E-state index is 13.5. The van der Waals surface area contributed by atoms with Gasteiger partial charge in [0.05, 0.1) is 6.61 Å². The van der Waals surface area contributed by atoms with Gasteiger partial charge in [-0.2, -0.15) is 0 Å². The van der Waals surface area contributed by atoms with Gasteiger partial charge in [0.1, 0.15) is 5.82 Å². The van der Waals surface area contributed by atoms with Crippen molar-refractivity contribution < 1.29 is 23.8 Å². The minimum absolute atomic E-state index is 0.000352. The summed E-state index contributed by atoms with van der Waals surface area (Å²) in [4.78, 5) is 22.4. The molecule has 1 N–H and O–H groups in total. The van der Waals surface area contributed by atoms with E-state index < -0.39 is 23.7 Å². The normalized spacial score (nSPS) is 11.9. The van der Waals surface area contributed by atoms with Gasteiger partial charge >= 0.3 is 11.9 Å². The molecular formula is C12H12ClFO4. The van der Waals surface area contributed by atoms with Crippen LogP contribution in [0.3, 0.4) is 0 Å². The zero-order valence-corrected chi connectivity index (χ0v) is 10.4. The number of hydrogen-bond acceptors (Lipinski definition) is 3. The number of rotatable bonds is 5. The van der Waals surface area contributed by atoms with Crippen molar-refractivity contribution in [1.82, 2.24) is 0 Å². The molecule has 6 heteroatoms. The van der Waals surface area contributed by atoms with Gasteiger partial charge in [-0.05, 0) is 19.1 Å². The fourth-order valence-corrected chi connectivity index (χ4v) is 1.69. The topological polar surface area (TPSA) is 63.6 Å². The van der Waals surface area contributed by atoms with Gasteiger partial charge in [0.25, 0.3) is 0 Å². The van der Waals surface area contributed by atoms with E-state index in [0.29, 0.717) is 0 Å². The molecule has 0 radical (unpaired) electrons. The van der Waals surface area contributed by atoms with Gasteiger partial charge in [0.2, 0.25) is 0 Å². The Hall–Kier alpha value is -1.62. The maximum Gasteiger partial charge on any atom is 0.320 e. The molecule has 1 aromatic carbocycles. The monoisotopic (exact) mass is 274 g/mol. The van der Waals surface area contributed by atoms with Crippen molar-refractivity contribution in [3.8, 4) is 0 Å². The van der Waals surface area contributed by atoms with Crippen LogP contribution < -0.4 is 0 Å². The number of carboxylic acid groups (broad SMARTS) is 1. The number of carbonyl (C=O) groups excluding carboxylic acids is 1. The van der Waals surface area contributed by atoms with E-state index in [-0.39, 0.29) is 23.6 Å². The third-order valence-corrected chi connectivity index (χ3v) is 2.69. The molecule has 0 fully saturated rings. The molecule has 1 unspecified atom stereocenters. The van der Waals surface area contributed by atoms with Gasteiger partial charge in [0.15, 0.2) is 5.92 Å². The molecule has 1 atom stereocenters. The average Bonchev–Trinajstić information content (AvgIpc) is 2.28. The molecule has 0 aliphatic rings. The van der Waals surface area contributed by atoms with Crippen LogP contribution in [-0.2, 0) is 20.7 Å². The Balaban J connectivity index is 2.97. The van der Waals surface area contributed by atoms with Crippen molar-refractivity contribution >= 4 is 23.5 Å². The quantitative estimate of drug-likeness (QED) is 0.661. The molecule has 1 aromatic rings. The minimum atomic E-state index is -1.46. The Morgan fingerprint density at radius 1 is 1.50 bits per heavy atom. The van der Waals surface area contributed by atoms with Crippen LogP contribution in [0, 0.1) is 11.7 Å². The first-order chi connectivity index (χ1) is 8.47. The summed E-state index contributed by atoms with van der Waals surface area (Å²) in [5.74, 6) is -4.37. The van der Waals surface area contributed by atoms with Crippen molar-refractivity contribution in [2.24, 2.45) is 5.92 Å². The van der Waals surface area contributed by atoms with Crippen LogP contribution in [0.15, 0.2) is 18.2 Å². The third kappa shape index (κ3) is 3.43. The SMILES string of the molecule is CCOC(=O)C(Cc1c(F)cccc1Cl)C(=O)O. The first-order valence-electron chi connectivity index (χ1n) is 5.29. The molecule has 0 aliphatic heterocycles. The van der Waals surface area contributed by atoms with Gasteiger partial charge in [-0.1, -0.05) is 17.7 Å². The highest BCUT2D eigenvalue weighted by Crippen LogP contribution is 2.23. The summed E-state index contributed by atoms with van der Waals surface area (Å²) in [5, 5.41) is 9.04. The standard InChI is InChI=1S/C12H12ClFO4/c1-2-18-12(17)8(11(15)16)6-7-9(13)4-3-5-10(7)14/h3-5,8H,2,6H2,1H3,(H,15,16). The lowest BCUT2D eigenvalue weighted by molar-refractivity contribution is -0.158. The Morgan fingerprint density at radius 2 is 2.17 bits per heavy atom.